The summed E-state index contributed by atoms with van der Waals surface area (Å²) >= 11 is 0. The minimum atomic E-state index is 0.232. The third kappa shape index (κ3) is 3.59. The van der Waals surface area contributed by atoms with Gasteiger partial charge in [-0.1, -0.05) is 37.5 Å². The van der Waals surface area contributed by atoms with Crippen molar-refractivity contribution in [3.8, 4) is 0 Å². The summed E-state index contributed by atoms with van der Waals surface area (Å²) in [6.07, 6.45) is 6.67. The molecule has 2 heteroatoms. The molecule has 2 rings (SSSR count). The molecule has 0 saturated heterocycles. The van der Waals surface area contributed by atoms with Crippen LogP contribution in [0.2, 0.25) is 0 Å². The number of Topliss-reactive ketones (excluding diaryl/α,β-unsaturated/α-hetero) is 1. The molecule has 0 heterocycles. The zero-order valence-electron chi connectivity index (χ0n) is 11.3. The summed E-state index contributed by atoms with van der Waals surface area (Å²) in [4.78, 5) is 14.3. The van der Waals surface area contributed by atoms with Crippen molar-refractivity contribution >= 4 is 11.5 Å². The van der Waals surface area contributed by atoms with E-state index in [9.17, 15) is 4.79 Å². The second-order valence-electron chi connectivity index (χ2n) is 5.33. The zero-order valence-corrected chi connectivity index (χ0v) is 11.3. The van der Waals surface area contributed by atoms with Crippen LogP contribution in [0.1, 0.15) is 38.5 Å². The summed E-state index contributed by atoms with van der Waals surface area (Å²) in [6, 6.07) is 10.3. The van der Waals surface area contributed by atoms with E-state index in [1.165, 1.54) is 24.9 Å². The van der Waals surface area contributed by atoms with Gasteiger partial charge >= 0.3 is 0 Å². The highest BCUT2D eigenvalue weighted by atomic mass is 16.1. The number of nitrogens with zero attached hydrogens (tertiary/aromatic N) is 1. The van der Waals surface area contributed by atoms with Crippen molar-refractivity contribution in [2.75, 3.05) is 18.5 Å². The molecular weight excluding hydrogens is 222 g/mol. The van der Waals surface area contributed by atoms with Gasteiger partial charge in [-0.3, -0.25) is 4.79 Å². The first-order chi connectivity index (χ1) is 8.77. The van der Waals surface area contributed by atoms with Crippen molar-refractivity contribution < 1.29 is 4.79 Å². The second kappa shape index (κ2) is 6.58. The van der Waals surface area contributed by atoms with Crippen LogP contribution >= 0.6 is 0 Å². The Morgan fingerprint density at radius 3 is 2.61 bits per heavy atom. The Kier molecular flexibility index (Phi) is 4.80. The van der Waals surface area contributed by atoms with Crippen LogP contribution in [-0.2, 0) is 4.79 Å². The zero-order chi connectivity index (χ0) is 12.8. The average Bonchev–Trinajstić information content (AvgIpc) is 2.39. The quantitative estimate of drug-likeness (QED) is 0.810. The lowest BCUT2D eigenvalue weighted by molar-refractivity contribution is -0.123. The maximum absolute atomic E-state index is 12.1. The van der Waals surface area contributed by atoms with Gasteiger partial charge in [0.05, 0.1) is 0 Å². The molecule has 0 amide bonds. The standard InChI is InChI=1S/C16H23NO/c1-17(15-10-6-4-7-11-15)13-14-9-5-2-3-8-12-16(14)18/h4,6-7,10-11,14H,2-3,5,8-9,12-13H2,1H3. The van der Waals surface area contributed by atoms with Gasteiger partial charge in [-0.2, -0.15) is 0 Å². The fraction of sp³-hybridized carbons (Fsp3) is 0.562. The minimum Gasteiger partial charge on any atom is -0.374 e. The molecule has 18 heavy (non-hydrogen) atoms. The Hall–Kier alpha value is -1.31. The van der Waals surface area contributed by atoms with E-state index in [0.29, 0.717) is 5.78 Å². The number of rotatable bonds is 3. The monoisotopic (exact) mass is 245 g/mol. The van der Waals surface area contributed by atoms with E-state index >= 15 is 0 Å². The summed E-state index contributed by atoms with van der Waals surface area (Å²) < 4.78 is 0. The molecule has 0 spiro atoms. The smallest absolute Gasteiger partial charge is 0.137 e. The summed E-state index contributed by atoms with van der Waals surface area (Å²) in [7, 11) is 2.08. The number of anilines is 1. The third-order valence-electron chi connectivity index (χ3n) is 3.87. The van der Waals surface area contributed by atoms with Crippen molar-refractivity contribution in [1.29, 1.82) is 0 Å². The predicted molar refractivity (Wildman–Crippen MR) is 75.9 cm³/mol. The molecular formula is C16H23NO. The van der Waals surface area contributed by atoms with Gasteiger partial charge in [0.1, 0.15) is 5.78 Å². The fourth-order valence-electron chi connectivity index (χ4n) is 2.72. The van der Waals surface area contributed by atoms with Crippen LogP contribution in [0.5, 0.6) is 0 Å². The number of benzene rings is 1. The van der Waals surface area contributed by atoms with Crippen LogP contribution in [-0.4, -0.2) is 19.4 Å². The van der Waals surface area contributed by atoms with Crippen LogP contribution in [0.4, 0.5) is 5.69 Å². The Morgan fingerprint density at radius 1 is 1.11 bits per heavy atom. The van der Waals surface area contributed by atoms with E-state index < -0.39 is 0 Å². The van der Waals surface area contributed by atoms with E-state index in [2.05, 4.69) is 24.1 Å². The van der Waals surface area contributed by atoms with Crippen molar-refractivity contribution in [2.45, 2.75) is 38.5 Å². The lowest BCUT2D eigenvalue weighted by Crippen LogP contribution is -2.31. The first-order valence-corrected chi connectivity index (χ1v) is 7.06. The number of carbonyl (C=O) groups excluding carboxylic acids is 1. The van der Waals surface area contributed by atoms with Gasteiger partial charge < -0.3 is 4.90 Å². The topological polar surface area (TPSA) is 20.3 Å². The molecule has 1 unspecified atom stereocenters. The highest BCUT2D eigenvalue weighted by molar-refractivity contribution is 5.81. The first kappa shape index (κ1) is 13.1. The number of carbonyl (C=O) groups is 1. The molecule has 1 aromatic rings. The molecule has 98 valence electrons. The largest absolute Gasteiger partial charge is 0.374 e. The van der Waals surface area contributed by atoms with Gasteiger partial charge in [0.2, 0.25) is 0 Å². The van der Waals surface area contributed by atoms with Crippen molar-refractivity contribution in [1.82, 2.24) is 0 Å². The number of hydrogen-bond acceptors (Lipinski definition) is 2. The van der Waals surface area contributed by atoms with Crippen LogP contribution in [0.25, 0.3) is 0 Å². The molecule has 1 aliphatic carbocycles. The van der Waals surface area contributed by atoms with E-state index in [4.69, 9.17) is 0 Å². The lowest BCUT2D eigenvalue weighted by Gasteiger charge is -2.26. The van der Waals surface area contributed by atoms with Gasteiger partial charge in [0.25, 0.3) is 0 Å². The van der Waals surface area contributed by atoms with Crippen molar-refractivity contribution in [3.63, 3.8) is 0 Å². The van der Waals surface area contributed by atoms with E-state index in [1.54, 1.807) is 0 Å². The van der Waals surface area contributed by atoms with E-state index in [-0.39, 0.29) is 5.92 Å². The predicted octanol–water partition coefficient (Wildman–Crippen LogP) is 3.66. The number of ketones is 1. The van der Waals surface area contributed by atoms with Gasteiger partial charge in [0.15, 0.2) is 0 Å². The molecule has 0 aliphatic heterocycles. The highest BCUT2D eigenvalue weighted by Gasteiger charge is 2.21. The second-order valence-corrected chi connectivity index (χ2v) is 5.33. The normalized spacial score (nSPS) is 21.2. The van der Waals surface area contributed by atoms with E-state index in [1.807, 2.05) is 18.2 Å². The van der Waals surface area contributed by atoms with Gasteiger partial charge in [0, 0.05) is 31.6 Å². The lowest BCUT2D eigenvalue weighted by atomic mass is 9.89. The van der Waals surface area contributed by atoms with Crippen LogP contribution < -0.4 is 4.90 Å². The van der Waals surface area contributed by atoms with Crippen LogP contribution in [0.3, 0.4) is 0 Å². The summed E-state index contributed by atoms with van der Waals surface area (Å²) in [5.41, 5.74) is 1.20. The van der Waals surface area contributed by atoms with Crippen LogP contribution in [0.15, 0.2) is 30.3 Å². The van der Waals surface area contributed by atoms with Crippen LogP contribution in [0, 0.1) is 5.92 Å². The maximum Gasteiger partial charge on any atom is 0.137 e. The average molecular weight is 245 g/mol. The SMILES string of the molecule is CN(CC1CCCCCCC1=O)c1ccccc1. The molecule has 0 radical (unpaired) electrons. The fourth-order valence-corrected chi connectivity index (χ4v) is 2.72. The summed E-state index contributed by atoms with van der Waals surface area (Å²) in [6.45, 7) is 0.864. The van der Waals surface area contributed by atoms with Crippen molar-refractivity contribution in [3.05, 3.63) is 30.3 Å². The first-order valence-electron chi connectivity index (χ1n) is 7.06. The molecule has 1 aromatic carbocycles. The Morgan fingerprint density at radius 2 is 1.83 bits per heavy atom. The Labute approximate surface area is 110 Å². The Balaban J connectivity index is 1.96. The molecule has 0 aromatic heterocycles. The number of hydrogen-bond donors (Lipinski definition) is 0. The molecule has 0 bridgehead atoms. The van der Waals surface area contributed by atoms with Gasteiger partial charge in [-0.15, -0.1) is 0 Å². The third-order valence-corrected chi connectivity index (χ3v) is 3.87. The van der Waals surface area contributed by atoms with Crippen molar-refractivity contribution in [2.24, 2.45) is 5.92 Å². The van der Waals surface area contributed by atoms with Gasteiger partial charge in [-0.05, 0) is 25.0 Å². The van der Waals surface area contributed by atoms with Gasteiger partial charge in [-0.25, -0.2) is 0 Å². The molecule has 2 nitrogen and oxygen atoms in total. The molecule has 1 saturated carbocycles. The molecule has 1 fully saturated rings. The number of para-hydroxylation sites is 1. The maximum atomic E-state index is 12.1. The Bertz CT molecular complexity index is 374. The minimum absolute atomic E-state index is 0.232. The molecule has 1 aliphatic rings. The summed E-state index contributed by atoms with van der Waals surface area (Å²) in [5.74, 6) is 0.702. The molecule has 1 atom stereocenters. The molecule has 0 N–H and O–H groups in total. The highest BCUT2D eigenvalue weighted by Crippen LogP contribution is 2.22. The summed E-state index contributed by atoms with van der Waals surface area (Å²) in [5, 5.41) is 0. The van der Waals surface area contributed by atoms with E-state index in [0.717, 1.165) is 25.8 Å².